The van der Waals surface area contributed by atoms with Crippen molar-refractivity contribution < 1.29 is 14.6 Å². The smallest absolute Gasteiger partial charge is 0.176 e. The highest BCUT2D eigenvalue weighted by Gasteiger charge is 2.27. The van der Waals surface area contributed by atoms with E-state index in [2.05, 4.69) is 5.10 Å². The molecule has 6 heteroatoms. The van der Waals surface area contributed by atoms with E-state index in [1.165, 1.54) is 12.1 Å². The van der Waals surface area contributed by atoms with Gasteiger partial charge in [-0.15, -0.1) is 0 Å². The summed E-state index contributed by atoms with van der Waals surface area (Å²) >= 11 is 0. The Kier molecular flexibility index (Phi) is 4.06. The van der Waals surface area contributed by atoms with Crippen molar-refractivity contribution >= 4 is 31.0 Å². The van der Waals surface area contributed by atoms with Crippen molar-refractivity contribution in [1.82, 2.24) is 0 Å². The highest BCUT2D eigenvalue weighted by atomic mass is 16.5. The molecule has 2 aromatic rings. The van der Waals surface area contributed by atoms with Crippen LogP contribution in [0, 0.1) is 5.92 Å². The maximum absolute atomic E-state index is 12.5. The van der Waals surface area contributed by atoms with Crippen LogP contribution in [0.3, 0.4) is 0 Å². The first-order valence-corrected chi connectivity index (χ1v) is 7.17. The lowest BCUT2D eigenvalue weighted by atomic mass is 9.90. The normalized spacial score (nSPS) is 16.6. The SMILES string of the molecule is [B]c1ccc(O)c(C(=O)C2C=NN(c3ccc(OC)cc3)C2)c1. The Balaban J connectivity index is 1.75. The van der Waals surface area contributed by atoms with E-state index in [0.717, 1.165) is 11.4 Å². The Morgan fingerprint density at radius 2 is 2.04 bits per heavy atom. The van der Waals surface area contributed by atoms with Gasteiger partial charge in [0, 0.05) is 6.21 Å². The Hall–Kier alpha value is -2.76. The largest absolute Gasteiger partial charge is 0.507 e. The number of carbonyl (C=O) groups excluding carboxylic acids is 1. The minimum absolute atomic E-state index is 0.0690. The first kappa shape index (κ1) is 15.2. The number of methoxy groups -OCH3 is 1. The van der Waals surface area contributed by atoms with Gasteiger partial charge in [0.1, 0.15) is 19.3 Å². The molecule has 0 bridgehead atoms. The standard InChI is InChI=1S/C17H15BN2O3/c1-23-14-5-3-13(4-6-14)20-10-11(9-19-20)17(22)15-8-12(18)2-7-16(15)21/h2-9,11,21H,10H2,1H3. The van der Waals surface area contributed by atoms with Gasteiger partial charge in [-0.1, -0.05) is 17.6 Å². The molecule has 3 rings (SSSR count). The highest BCUT2D eigenvalue weighted by Crippen LogP contribution is 2.25. The minimum Gasteiger partial charge on any atom is -0.507 e. The van der Waals surface area contributed by atoms with Gasteiger partial charge in [0.05, 0.1) is 30.8 Å². The van der Waals surface area contributed by atoms with Gasteiger partial charge in [-0.2, -0.15) is 5.10 Å². The number of carbonyl (C=O) groups is 1. The molecule has 1 atom stereocenters. The second-order valence-corrected chi connectivity index (χ2v) is 5.29. The molecular formula is C17H15BN2O3. The Labute approximate surface area is 135 Å². The van der Waals surface area contributed by atoms with Crippen LogP contribution in [0.5, 0.6) is 11.5 Å². The van der Waals surface area contributed by atoms with Crippen LogP contribution in [0.25, 0.3) is 0 Å². The summed E-state index contributed by atoms with van der Waals surface area (Å²) in [6.07, 6.45) is 1.59. The Morgan fingerprint density at radius 3 is 2.74 bits per heavy atom. The average molecular weight is 306 g/mol. The number of ether oxygens (including phenoxy) is 1. The fraction of sp³-hybridized carbons (Fsp3) is 0.176. The molecule has 1 unspecified atom stereocenters. The van der Waals surface area contributed by atoms with Crippen LogP contribution in [0.4, 0.5) is 5.69 Å². The van der Waals surface area contributed by atoms with Crippen LogP contribution >= 0.6 is 0 Å². The number of rotatable bonds is 4. The fourth-order valence-corrected chi connectivity index (χ4v) is 2.47. The first-order valence-electron chi connectivity index (χ1n) is 7.17. The van der Waals surface area contributed by atoms with Crippen LogP contribution in [0.2, 0.25) is 0 Å². The van der Waals surface area contributed by atoms with Gasteiger partial charge < -0.3 is 9.84 Å². The van der Waals surface area contributed by atoms with E-state index in [-0.39, 0.29) is 17.1 Å². The van der Waals surface area contributed by atoms with E-state index in [0.29, 0.717) is 12.0 Å². The van der Waals surface area contributed by atoms with Crippen molar-refractivity contribution in [3.63, 3.8) is 0 Å². The summed E-state index contributed by atoms with van der Waals surface area (Å²) in [4.78, 5) is 12.5. The van der Waals surface area contributed by atoms with E-state index in [1.54, 1.807) is 24.4 Å². The van der Waals surface area contributed by atoms with E-state index in [1.807, 2.05) is 24.3 Å². The summed E-state index contributed by atoms with van der Waals surface area (Å²) in [7, 11) is 7.30. The molecule has 23 heavy (non-hydrogen) atoms. The lowest BCUT2D eigenvalue weighted by Crippen LogP contribution is -2.24. The van der Waals surface area contributed by atoms with Gasteiger partial charge in [-0.3, -0.25) is 9.80 Å². The molecule has 0 spiro atoms. The zero-order valence-corrected chi connectivity index (χ0v) is 12.6. The third-order valence-electron chi connectivity index (χ3n) is 3.75. The molecule has 1 aliphatic rings. The molecule has 0 aliphatic carbocycles. The molecular weight excluding hydrogens is 291 g/mol. The van der Waals surface area contributed by atoms with Gasteiger partial charge in [-0.25, -0.2) is 0 Å². The van der Waals surface area contributed by atoms with Crippen LogP contribution in [0.15, 0.2) is 47.6 Å². The van der Waals surface area contributed by atoms with Crippen LogP contribution < -0.4 is 15.2 Å². The predicted octanol–water partition coefficient (Wildman–Crippen LogP) is 1.50. The quantitative estimate of drug-likeness (QED) is 0.687. The molecule has 114 valence electrons. The van der Waals surface area contributed by atoms with Gasteiger partial charge in [-0.05, 0) is 30.3 Å². The Morgan fingerprint density at radius 1 is 1.30 bits per heavy atom. The molecule has 2 aromatic carbocycles. The zero-order chi connectivity index (χ0) is 16.4. The van der Waals surface area contributed by atoms with Gasteiger partial charge in [0.2, 0.25) is 0 Å². The maximum atomic E-state index is 12.5. The van der Waals surface area contributed by atoms with Crippen molar-refractivity contribution in [2.45, 2.75) is 0 Å². The van der Waals surface area contributed by atoms with E-state index in [4.69, 9.17) is 12.6 Å². The molecule has 0 amide bonds. The first-order chi connectivity index (χ1) is 11.1. The predicted molar refractivity (Wildman–Crippen MR) is 90.1 cm³/mol. The molecule has 1 aliphatic heterocycles. The third kappa shape index (κ3) is 3.06. The number of hydrazone groups is 1. The second kappa shape index (κ2) is 6.16. The molecule has 0 saturated carbocycles. The number of Topliss-reactive ketones (excluding diaryl/α,β-unsaturated/α-hetero) is 1. The van der Waals surface area contributed by atoms with Crippen molar-refractivity contribution in [3.05, 3.63) is 48.0 Å². The molecule has 1 heterocycles. The van der Waals surface area contributed by atoms with Gasteiger partial charge in [0.25, 0.3) is 0 Å². The number of hydrogen-bond donors (Lipinski definition) is 1. The number of phenolic OH excluding ortho intramolecular Hbond substituents is 1. The molecule has 0 fully saturated rings. The van der Waals surface area contributed by atoms with Gasteiger partial charge in [0.15, 0.2) is 5.78 Å². The minimum atomic E-state index is -0.426. The summed E-state index contributed by atoms with van der Waals surface area (Å²) in [5.74, 6) is 0.0640. The number of aromatic hydroxyl groups is 1. The summed E-state index contributed by atoms with van der Waals surface area (Å²) < 4.78 is 5.12. The number of nitrogens with zero attached hydrogens (tertiary/aromatic N) is 2. The molecule has 5 nitrogen and oxygen atoms in total. The summed E-state index contributed by atoms with van der Waals surface area (Å²) in [6.45, 7) is 0.416. The topological polar surface area (TPSA) is 62.1 Å². The monoisotopic (exact) mass is 306 g/mol. The molecule has 1 N–H and O–H groups in total. The Bertz CT molecular complexity index is 759. The molecule has 2 radical (unpaired) electrons. The summed E-state index contributed by atoms with van der Waals surface area (Å²) in [5, 5.41) is 15.9. The van der Waals surface area contributed by atoms with Crippen molar-refractivity contribution in [2.75, 3.05) is 18.7 Å². The van der Waals surface area contributed by atoms with Crippen LogP contribution in [0.1, 0.15) is 10.4 Å². The van der Waals surface area contributed by atoms with Crippen LogP contribution in [-0.2, 0) is 0 Å². The van der Waals surface area contributed by atoms with Crippen LogP contribution in [-0.4, -0.2) is 38.6 Å². The number of phenols is 1. The summed E-state index contributed by atoms with van der Waals surface area (Å²) in [5.41, 5.74) is 1.53. The van der Waals surface area contributed by atoms with E-state index < -0.39 is 5.92 Å². The number of hydrogen-bond acceptors (Lipinski definition) is 5. The number of benzene rings is 2. The summed E-state index contributed by atoms with van der Waals surface area (Å²) in [6, 6.07) is 11.9. The second-order valence-electron chi connectivity index (χ2n) is 5.29. The van der Waals surface area contributed by atoms with E-state index in [9.17, 15) is 9.90 Å². The van der Waals surface area contributed by atoms with Gasteiger partial charge >= 0.3 is 0 Å². The highest BCUT2D eigenvalue weighted by molar-refractivity contribution is 6.33. The third-order valence-corrected chi connectivity index (χ3v) is 3.75. The van der Waals surface area contributed by atoms with Crippen molar-refractivity contribution in [1.29, 1.82) is 0 Å². The van der Waals surface area contributed by atoms with Crippen molar-refractivity contribution in [2.24, 2.45) is 11.0 Å². The molecule has 0 aromatic heterocycles. The lowest BCUT2D eigenvalue weighted by Gasteiger charge is -2.16. The fourth-order valence-electron chi connectivity index (χ4n) is 2.47. The lowest BCUT2D eigenvalue weighted by molar-refractivity contribution is 0.0959. The molecule has 0 saturated heterocycles. The maximum Gasteiger partial charge on any atom is 0.176 e. The van der Waals surface area contributed by atoms with Crippen molar-refractivity contribution in [3.8, 4) is 11.5 Å². The average Bonchev–Trinajstić information content (AvgIpc) is 3.06. The number of ketones is 1. The zero-order valence-electron chi connectivity index (χ0n) is 12.6. The van der Waals surface area contributed by atoms with E-state index >= 15 is 0 Å². The number of anilines is 1.